The first-order valence-electron chi connectivity index (χ1n) is 10.5. The predicted molar refractivity (Wildman–Crippen MR) is 132 cm³/mol. The van der Waals surface area contributed by atoms with Crippen molar-refractivity contribution in [3.8, 4) is 11.1 Å². The fraction of sp³-hybridized carbons (Fsp3) is 0. The Kier molecular flexibility index (Phi) is 5.89. The number of aromatic amines is 2. The van der Waals surface area contributed by atoms with Gasteiger partial charge in [-0.25, -0.2) is 18.4 Å². The van der Waals surface area contributed by atoms with Crippen LogP contribution in [0.4, 0.5) is 0 Å². The summed E-state index contributed by atoms with van der Waals surface area (Å²) < 4.78 is 34.2. The largest absolute Gasteiger partial charge is 0.744 e. The second-order valence-corrected chi connectivity index (χ2v) is 9.41. The van der Waals surface area contributed by atoms with Gasteiger partial charge in [-0.05, 0) is 84.5 Å². The van der Waals surface area contributed by atoms with E-state index in [1.54, 1.807) is 12.1 Å². The third-order valence-corrected chi connectivity index (χ3v) is 6.50. The third-order valence-electron chi connectivity index (χ3n) is 5.65. The summed E-state index contributed by atoms with van der Waals surface area (Å²) in [5, 5.41) is 0. The van der Waals surface area contributed by atoms with Crippen LogP contribution in [0, 0.1) is 0 Å². The summed E-state index contributed by atoms with van der Waals surface area (Å²) in [6.45, 7) is 0. The normalized spacial score (nSPS) is 12.5. The maximum Gasteiger partial charge on any atom is 0.124 e. The zero-order chi connectivity index (χ0) is 23.3. The molecule has 0 fully saturated rings. The van der Waals surface area contributed by atoms with Gasteiger partial charge >= 0.3 is 0 Å². The SMILES string of the molecule is O=S(=O)([O-])c1ccc(-c2c3nc(cc4ccc(cc5ccc(cc6nc2C=C6)[nH]5)[nH]4)C=C3)cc1.[Pt]. The fourth-order valence-electron chi connectivity index (χ4n) is 4.09. The van der Waals surface area contributed by atoms with Gasteiger partial charge in [0.25, 0.3) is 0 Å². The van der Waals surface area contributed by atoms with Crippen LogP contribution in [0.15, 0.2) is 71.6 Å². The molecular weight excluding hydrogens is 643 g/mol. The van der Waals surface area contributed by atoms with E-state index < -0.39 is 10.1 Å². The summed E-state index contributed by atoms with van der Waals surface area (Å²) in [7, 11) is -4.53. The number of rotatable bonds is 2. The van der Waals surface area contributed by atoms with Gasteiger partial charge in [-0.1, -0.05) is 12.1 Å². The van der Waals surface area contributed by atoms with Gasteiger partial charge < -0.3 is 14.5 Å². The van der Waals surface area contributed by atoms with Crippen LogP contribution in [0.2, 0.25) is 0 Å². The number of H-pyrrole nitrogens is 2. The molecule has 0 saturated heterocycles. The van der Waals surface area contributed by atoms with Gasteiger partial charge in [0.2, 0.25) is 0 Å². The predicted octanol–water partition coefficient (Wildman–Crippen LogP) is 5.22. The van der Waals surface area contributed by atoms with Crippen LogP contribution in [0.5, 0.6) is 0 Å². The average Bonchev–Trinajstić information content (AvgIpc) is 3.59. The molecule has 0 aliphatic carbocycles. The molecule has 0 spiro atoms. The molecule has 0 saturated carbocycles. The van der Waals surface area contributed by atoms with E-state index >= 15 is 0 Å². The molecule has 9 heteroatoms. The molecule has 6 rings (SSSR count). The van der Waals surface area contributed by atoms with Gasteiger partial charge in [0.1, 0.15) is 10.1 Å². The van der Waals surface area contributed by atoms with Crippen molar-refractivity contribution < 1.29 is 34.0 Å². The number of nitrogens with zero attached hydrogens (tertiary/aromatic N) is 2. The monoisotopic (exact) mass is 660 g/mol. The minimum atomic E-state index is -4.53. The second kappa shape index (κ2) is 8.89. The van der Waals surface area contributed by atoms with Crippen molar-refractivity contribution in [2.24, 2.45) is 0 Å². The molecule has 35 heavy (non-hydrogen) atoms. The number of hydrogen-bond donors (Lipinski definition) is 2. The molecule has 1 aromatic carbocycles. The minimum absolute atomic E-state index is 0. The van der Waals surface area contributed by atoms with E-state index in [0.29, 0.717) is 17.0 Å². The quantitative estimate of drug-likeness (QED) is 0.247. The van der Waals surface area contributed by atoms with Crippen LogP contribution in [-0.4, -0.2) is 32.9 Å². The van der Waals surface area contributed by atoms with Crippen LogP contribution in [0.1, 0.15) is 22.8 Å². The number of hydrogen-bond acceptors (Lipinski definition) is 5. The van der Waals surface area contributed by atoms with E-state index in [4.69, 9.17) is 9.97 Å². The van der Waals surface area contributed by atoms with Crippen LogP contribution in [0.3, 0.4) is 0 Å². The van der Waals surface area contributed by atoms with Crippen molar-refractivity contribution in [3.63, 3.8) is 0 Å². The Hall–Kier alpha value is -3.58. The summed E-state index contributed by atoms with van der Waals surface area (Å²) in [6.07, 6.45) is 7.65. The topological polar surface area (TPSA) is 115 Å². The molecule has 0 atom stereocenters. The van der Waals surface area contributed by atoms with E-state index in [-0.39, 0.29) is 26.0 Å². The fourth-order valence-corrected chi connectivity index (χ4v) is 4.56. The molecule has 8 bridgehead atoms. The van der Waals surface area contributed by atoms with Gasteiger partial charge in [0.05, 0.1) is 27.7 Å². The molecule has 2 N–H and O–H groups in total. The second-order valence-electron chi connectivity index (χ2n) is 8.04. The molecule has 3 aromatic heterocycles. The molecule has 0 radical (unpaired) electrons. The first kappa shape index (κ1) is 23.2. The summed E-state index contributed by atoms with van der Waals surface area (Å²) >= 11 is 0. The number of benzene rings is 1. The van der Waals surface area contributed by atoms with E-state index in [1.165, 1.54) is 12.1 Å². The van der Waals surface area contributed by atoms with E-state index in [0.717, 1.165) is 39.0 Å². The Bertz CT molecular complexity index is 1690. The molecule has 2 aliphatic rings. The van der Waals surface area contributed by atoms with Crippen molar-refractivity contribution in [2.75, 3.05) is 0 Å². The molecule has 0 amide bonds. The molecule has 7 nitrogen and oxygen atoms in total. The van der Waals surface area contributed by atoms with Crippen molar-refractivity contribution in [2.45, 2.75) is 4.90 Å². The Morgan fingerprint density at radius 3 is 1.54 bits per heavy atom. The van der Waals surface area contributed by atoms with Crippen LogP contribution >= 0.6 is 0 Å². The molecule has 5 heterocycles. The molecule has 4 aromatic rings. The van der Waals surface area contributed by atoms with Gasteiger partial charge in [-0.15, -0.1) is 0 Å². The summed E-state index contributed by atoms with van der Waals surface area (Å²) in [5.74, 6) is 0. The van der Waals surface area contributed by atoms with Gasteiger partial charge in [0, 0.05) is 48.7 Å². The summed E-state index contributed by atoms with van der Waals surface area (Å²) in [6, 6.07) is 19.8. The third kappa shape index (κ3) is 4.68. The number of fused-ring (bicyclic) bond motifs is 8. The number of aromatic nitrogens is 4. The first-order chi connectivity index (χ1) is 16.4. The van der Waals surface area contributed by atoms with Gasteiger partial charge in [0.15, 0.2) is 0 Å². The van der Waals surface area contributed by atoms with Crippen molar-refractivity contribution in [1.82, 2.24) is 19.9 Å². The maximum atomic E-state index is 11.4. The van der Waals surface area contributed by atoms with Crippen LogP contribution in [0.25, 0.3) is 57.5 Å². The Labute approximate surface area is 215 Å². The molecular formula is C26H17N4O3PtS-. The van der Waals surface area contributed by atoms with Crippen LogP contribution < -0.4 is 0 Å². The van der Waals surface area contributed by atoms with E-state index in [2.05, 4.69) is 9.97 Å². The maximum absolute atomic E-state index is 11.4. The summed E-state index contributed by atoms with van der Waals surface area (Å²) in [4.78, 5) is 16.0. The smallest absolute Gasteiger partial charge is 0.124 e. The minimum Gasteiger partial charge on any atom is -0.744 e. The zero-order valence-electron chi connectivity index (χ0n) is 18.0. The zero-order valence-corrected chi connectivity index (χ0v) is 21.1. The van der Waals surface area contributed by atoms with Gasteiger partial charge in [-0.2, -0.15) is 0 Å². The molecule has 0 unspecified atom stereocenters. The Balaban J connectivity index is 0.00000253. The van der Waals surface area contributed by atoms with Crippen molar-refractivity contribution in [1.29, 1.82) is 0 Å². The Morgan fingerprint density at radius 1 is 0.629 bits per heavy atom. The number of nitrogens with one attached hydrogen (secondary N) is 2. The first-order valence-corrected chi connectivity index (χ1v) is 12.0. The van der Waals surface area contributed by atoms with Gasteiger partial charge in [-0.3, -0.25) is 0 Å². The van der Waals surface area contributed by atoms with Crippen LogP contribution in [-0.2, 0) is 31.2 Å². The van der Waals surface area contributed by atoms with E-state index in [1.807, 2.05) is 66.8 Å². The van der Waals surface area contributed by atoms with Crippen molar-refractivity contribution in [3.05, 3.63) is 89.5 Å². The standard InChI is InChI=1S/C26H18N4O3S.Pt/c31-34(32,33)23-9-1-16(2-10-23)26-24-11-7-21(29-24)14-19-5-3-17(27-19)13-18-4-6-20(28-18)15-22-8-12-25(26)30-22;/h1-15,27-28H,(H,31,32,33);/p-1. The average molecular weight is 661 g/mol. The molecule has 2 aliphatic heterocycles. The van der Waals surface area contributed by atoms with E-state index in [9.17, 15) is 13.0 Å². The molecule has 176 valence electrons. The van der Waals surface area contributed by atoms with Crippen molar-refractivity contribution >= 4 is 56.5 Å². The summed E-state index contributed by atoms with van der Waals surface area (Å²) in [5.41, 5.74) is 8.15. The Morgan fingerprint density at radius 2 is 1.09 bits per heavy atom.